The Kier molecular flexibility index (Phi) is 2.86. The van der Waals surface area contributed by atoms with Crippen LogP contribution in [0.5, 0.6) is 0 Å². The highest BCUT2D eigenvalue weighted by Crippen LogP contribution is 2.27. The molecule has 0 saturated carbocycles. The molecule has 1 aromatic rings. The Morgan fingerprint density at radius 2 is 2.25 bits per heavy atom. The minimum absolute atomic E-state index is 0.375. The van der Waals surface area contributed by atoms with Gasteiger partial charge in [-0.1, -0.05) is 13.0 Å². The number of anilines is 1. The van der Waals surface area contributed by atoms with Crippen LogP contribution in [0.4, 0.5) is 5.69 Å². The van der Waals surface area contributed by atoms with Crippen LogP contribution in [0.1, 0.15) is 29.3 Å². The molecule has 86 valence electrons. The first-order valence-electron chi connectivity index (χ1n) is 5.67. The molecule has 1 aliphatic rings. The lowest BCUT2D eigenvalue weighted by Gasteiger charge is -2.21. The van der Waals surface area contributed by atoms with Gasteiger partial charge in [-0.25, -0.2) is 4.79 Å². The Bertz CT molecular complexity index is 414. The van der Waals surface area contributed by atoms with Crippen molar-refractivity contribution < 1.29 is 9.90 Å². The molecule has 1 atom stereocenters. The third kappa shape index (κ3) is 2.03. The SMILES string of the molecule is Cc1ccc(C(=O)O)cc1N1CCC(C)C1. The molecule has 3 nitrogen and oxygen atoms in total. The van der Waals surface area contributed by atoms with Crippen molar-refractivity contribution in [2.75, 3.05) is 18.0 Å². The van der Waals surface area contributed by atoms with Gasteiger partial charge in [-0.05, 0) is 37.0 Å². The van der Waals surface area contributed by atoms with Crippen LogP contribution in [0.2, 0.25) is 0 Å². The summed E-state index contributed by atoms with van der Waals surface area (Å²) in [6.45, 7) is 6.33. The summed E-state index contributed by atoms with van der Waals surface area (Å²) in [5.74, 6) is -0.152. The van der Waals surface area contributed by atoms with Crippen LogP contribution in [0.25, 0.3) is 0 Å². The molecule has 2 rings (SSSR count). The average molecular weight is 219 g/mol. The Morgan fingerprint density at radius 3 is 2.81 bits per heavy atom. The van der Waals surface area contributed by atoms with Gasteiger partial charge < -0.3 is 10.0 Å². The molecule has 0 aliphatic carbocycles. The van der Waals surface area contributed by atoms with E-state index >= 15 is 0 Å². The van der Waals surface area contributed by atoms with Gasteiger partial charge in [-0.2, -0.15) is 0 Å². The molecule has 0 amide bonds. The predicted octanol–water partition coefficient (Wildman–Crippen LogP) is 2.54. The lowest BCUT2D eigenvalue weighted by molar-refractivity contribution is 0.0697. The standard InChI is InChI=1S/C13H17NO2/c1-9-5-6-14(8-9)12-7-11(13(15)16)4-3-10(12)2/h3-4,7,9H,5-6,8H2,1-2H3,(H,15,16). The van der Waals surface area contributed by atoms with Crippen LogP contribution in [-0.4, -0.2) is 24.2 Å². The van der Waals surface area contributed by atoms with Crippen LogP contribution < -0.4 is 4.90 Å². The summed E-state index contributed by atoms with van der Waals surface area (Å²) in [4.78, 5) is 13.2. The van der Waals surface area contributed by atoms with Crippen molar-refractivity contribution in [1.82, 2.24) is 0 Å². The van der Waals surface area contributed by atoms with Crippen molar-refractivity contribution in [3.8, 4) is 0 Å². The van der Waals surface area contributed by atoms with E-state index in [9.17, 15) is 4.79 Å². The number of carbonyl (C=O) groups is 1. The summed E-state index contributed by atoms with van der Waals surface area (Å²) in [6.07, 6.45) is 1.19. The van der Waals surface area contributed by atoms with E-state index in [2.05, 4.69) is 11.8 Å². The number of benzene rings is 1. The number of carboxylic acid groups (broad SMARTS) is 1. The Morgan fingerprint density at radius 1 is 1.50 bits per heavy atom. The molecule has 1 N–H and O–H groups in total. The van der Waals surface area contributed by atoms with Crippen molar-refractivity contribution in [3.05, 3.63) is 29.3 Å². The van der Waals surface area contributed by atoms with E-state index in [0.29, 0.717) is 11.5 Å². The third-order valence-electron chi connectivity index (χ3n) is 3.22. The van der Waals surface area contributed by atoms with Gasteiger partial charge in [0.1, 0.15) is 0 Å². The quantitative estimate of drug-likeness (QED) is 0.831. The molecular weight excluding hydrogens is 202 g/mol. The highest BCUT2D eigenvalue weighted by atomic mass is 16.4. The van der Waals surface area contributed by atoms with Crippen LogP contribution in [0.15, 0.2) is 18.2 Å². The zero-order chi connectivity index (χ0) is 11.7. The molecule has 1 unspecified atom stereocenters. The van der Waals surface area contributed by atoms with E-state index in [4.69, 9.17) is 5.11 Å². The smallest absolute Gasteiger partial charge is 0.335 e. The van der Waals surface area contributed by atoms with E-state index < -0.39 is 5.97 Å². The number of carboxylic acids is 1. The number of nitrogens with zero attached hydrogens (tertiary/aromatic N) is 1. The first kappa shape index (κ1) is 11.0. The molecule has 1 saturated heterocycles. The molecule has 0 bridgehead atoms. The summed E-state index contributed by atoms with van der Waals surface area (Å²) in [5.41, 5.74) is 2.60. The Balaban J connectivity index is 2.32. The van der Waals surface area contributed by atoms with Crippen LogP contribution >= 0.6 is 0 Å². The third-order valence-corrected chi connectivity index (χ3v) is 3.22. The van der Waals surface area contributed by atoms with Gasteiger partial charge in [0.2, 0.25) is 0 Å². The lowest BCUT2D eigenvalue weighted by Crippen LogP contribution is -2.20. The highest BCUT2D eigenvalue weighted by Gasteiger charge is 2.20. The zero-order valence-electron chi connectivity index (χ0n) is 9.73. The fourth-order valence-corrected chi connectivity index (χ4v) is 2.24. The minimum atomic E-state index is -0.853. The van der Waals surface area contributed by atoms with Crippen molar-refractivity contribution in [2.45, 2.75) is 20.3 Å². The fraction of sp³-hybridized carbons (Fsp3) is 0.462. The number of hydrogen-bond acceptors (Lipinski definition) is 2. The normalized spacial score (nSPS) is 20.1. The summed E-state index contributed by atoms with van der Waals surface area (Å²) < 4.78 is 0. The van der Waals surface area contributed by atoms with Gasteiger partial charge in [0.05, 0.1) is 5.56 Å². The van der Waals surface area contributed by atoms with Gasteiger partial charge in [-0.3, -0.25) is 0 Å². The Labute approximate surface area is 95.7 Å². The molecule has 0 spiro atoms. The number of hydrogen-bond donors (Lipinski definition) is 1. The summed E-state index contributed by atoms with van der Waals surface area (Å²) in [6, 6.07) is 5.35. The van der Waals surface area contributed by atoms with E-state index in [1.807, 2.05) is 13.0 Å². The van der Waals surface area contributed by atoms with Gasteiger partial charge in [0, 0.05) is 18.8 Å². The number of aryl methyl sites for hydroxylation is 1. The second kappa shape index (κ2) is 4.16. The predicted molar refractivity (Wildman–Crippen MR) is 64.1 cm³/mol. The zero-order valence-corrected chi connectivity index (χ0v) is 9.73. The summed E-state index contributed by atoms with van der Waals surface area (Å²) >= 11 is 0. The minimum Gasteiger partial charge on any atom is -0.478 e. The molecule has 0 radical (unpaired) electrons. The molecule has 3 heteroatoms. The van der Waals surface area contributed by atoms with Gasteiger partial charge in [0.25, 0.3) is 0 Å². The topological polar surface area (TPSA) is 40.5 Å². The van der Waals surface area contributed by atoms with Crippen LogP contribution in [0, 0.1) is 12.8 Å². The van der Waals surface area contributed by atoms with E-state index in [1.165, 1.54) is 6.42 Å². The second-order valence-electron chi connectivity index (χ2n) is 4.65. The maximum Gasteiger partial charge on any atom is 0.335 e. The first-order chi connectivity index (χ1) is 7.58. The van der Waals surface area contributed by atoms with E-state index in [-0.39, 0.29) is 0 Å². The van der Waals surface area contributed by atoms with E-state index in [1.54, 1.807) is 12.1 Å². The monoisotopic (exact) mass is 219 g/mol. The molecular formula is C13H17NO2. The van der Waals surface area contributed by atoms with Gasteiger partial charge in [0.15, 0.2) is 0 Å². The van der Waals surface area contributed by atoms with Crippen molar-refractivity contribution in [3.63, 3.8) is 0 Å². The molecule has 1 aliphatic heterocycles. The Hall–Kier alpha value is -1.51. The summed E-state index contributed by atoms with van der Waals surface area (Å²) in [7, 11) is 0. The second-order valence-corrected chi connectivity index (χ2v) is 4.65. The lowest BCUT2D eigenvalue weighted by atomic mass is 10.1. The van der Waals surface area contributed by atoms with Crippen molar-refractivity contribution in [2.24, 2.45) is 5.92 Å². The van der Waals surface area contributed by atoms with Crippen LogP contribution in [-0.2, 0) is 0 Å². The largest absolute Gasteiger partial charge is 0.478 e. The molecule has 1 fully saturated rings. The van der Waals surface area contributed by atoms with E-state index in [0.717, 1.165) is 24.3 Å². The van der Waals surface area contributed by atoms with Crippen molar-refractivity contribution >= 4 is 11.7 Å². The fourth-order valence-electron chi connectivity index (χ4n) is 2.24. The molecule has 0 aromatic heterocycles. The summed E-state index contributed by atoms with van der Waals surface area (Å²) in [5, 5.41) is 8.98. The van der Waals surface area contributed by atoms with Gasteiger partial charge in [-0.15, -0.1) is 0 Å². The number of rotatable bonds is 2. The average Bonchev–Trinajstić information content (AvgIpc) is 2.65. The molecule has 1 aromatic carbocycles. The molecule has 16 heavy (non-hydrogen) atoms. The molecule has 1 heterocycles. The van der Waals surface area contributed by atoms with Crippen molar-refractivity contribution in [1.29, 1.82) is 0 Å². The maximum absolute atomic E-state index is 10.9. The van der Waals surface area contributed by atoms with Gasteiger partial charge >= 0.3 is 5.97 Å². The number of aromatic carboxylic acids is 1. The first-order valence-corrected chi connectivity index (χ1v) is 5.67. The van der Waals surface area contributed by atoms with Crippen LogP contribution in [0.3, 0.4) is 0 Å². The highest BCUT2D eigenvalue weighted by molar-refractivity contribution is 5.89. The maximum atomic E-state index is 10.9.